The number of rotatable bonds is 9. The molecule has 10 nitrogen and oxygen atoms in total. The molecule has 0 aliphatic carbocycles. The number of hydrogen-bond donors (Lipinski definition) is 1. The van der Waals surface area contributed by atoms with E-state index in [-0.39, 0.29) is 42.1 Å². The Morgan fingerprint density at radius 3 is 2.54 bits per heavy atom. The zero-order valence-electron chi connectivity index (χ0n) is 19.4. The number of non-ortho nitro benzene ring substituents is 1. The number of oxazole rings is 1. The molecular weight excluding hydrogens is 452 g/mol. The summed E-state index contributed by atoms with van der Waals surface area (Å²) in [5, 5.41) is 14.0. The molecule has 184 valence electrons. The highest BCUT2D eigenvalue weighted by molar-refractivity contribution is 5.78. The van der Waals surface area contributed by atoms with Gasteiger partial charge in [-0.2, -0.15) is 0 Å². The van der Waals surface area contributed by atoms with Gasteiger partial charge in [0.05, 0.1) is 16.5 Å². The third-order valence-electron chi connectivity index (χ3n) is 6.33. The summed E-state index contributed by atoms with van der Waals surface area (Å²) in [7, 11) is 0. The maximum Gasteiger partial charge on any atom is 0.419 e. The molecular formula is C25H28N4O6. The number of aryl methyl sites for hydroxylation is 2. The zero-order valence-corrected chi connectivity index (χ0v) is 19.4. The van der Waals surface area contributed by atoms with Crippen LogP contribution >= 0.6 is 0 Å². The first-order valence-electron chi connectivity index (χ1n) is 11.8. The summed E-state index contributed by atoms with van der Waals surface area (Å²) < 4.78 is 6.52. The van der Waals surface area contributed by atoms with Gasteiger partial charge in [0.15, 0.2) is 5.58 Å². The van der Waals surface area contributed by atoms with Gasteiger partial charge in [-0.3, -0.25) is 24.3 Å². The third-order valence-corrected chi connectivity index (χ3v) is 6.33. The van der Waals surface area contributed by atoms with E-state index in [0.717, 1.165) is 5.56 Å². The second-order valence-corrected chi connectivity index (χ2v) is 8.74. The summed E-state index contributed by atoms with van der Waals surface area (Å²) in [4.78, 5) is 49.2. The van der Waals surface area contributed by atoms with Gasteiger partial charge in [0.2, 0.25) is 11.8 Å². The maximum absolute atomic E-state index is 12.6. The van der Waals surface area contributed by atoms with Crippen molar-refractivity contribution in [3.8, 4) is 0 Å². The van der Waals surface area contributed by atoms with Crippen molar-refractivity contribution in [2.24, 2.45) is 0 Å². The Labute approximate surface area is 201 Å². The number of piperidine rings is 1. The number of hydrogen-bond acceptors (Lipinski definition) is 6. The van der Waals surface area contributed by atoms with Crippen LogP contribution in [-0.2, 0) is 22.6 Å². The third kappa shape index (κ3) is 6.14. The Kier molecular flexibility index (Phi) is 7.59. The Balaban J connectivity index is 1.20. The Morgan fingerprint density at radius 2 is 1.83 bits per heavy atom. The standard InChI is InChI=1S/C25H28N4O6/c30-23(11-8-18-5-2-1-3-6-18)26-19-12-15-27(16-13-19)24(31)7-4-14-28-21-10-9-20(29(33)34)17-22(21)35-25(28)32/h1-3,5-6,9-10,17,19H,4,7-8,11-16H2,(H,26,30). The van der Waals surface area contributed by atoms with Crippen LogP contribution in [0.2, 0.25) is 0 Å². The molecule has 0 atom stereocenters. The van der Waals surface area contributed by atoms with E-state index in [1.807, 2.05) is 30.3 Å². The molecule has 1 aliphatic heterocycles. The summed E-state index contributed by atoms with van der Waals surface area (Å²) in [6.45, 7) is 1.45. The molecule has 1 saturated heterocycles. The number of nitrogens with one attached hydrogen (secondary N) is 1. The van der Waals surface area contributed by atoms with Crippen LogP contribution < -0.4 is 11.1 Å². The van der Waals surface area contributed by atoms with Crippen molar-refractivity contribution in [3.05, 3.63) is 74.8 Å². The predicted octanol–water partition coefficient (Wildman–Crippen LogP) is 3.02. The van der Waals surface area contributed by atoms with Gasteiger partial charge in [-0.1, -0.05) is 30.3 Å². The number of carbonyl (C=O) groups is 2. The normalized spacial score (nSPS) is 14.2. The first-order valence-corrected chi connectivity index (χ1v) is 11.8. The van der Waals surface area contributed by atoms with E-state index in [4.69, 9.17) is 4.42 Å². The molecule has 1 aromatic heterocycles. The fourth-order valence-electron chi connectivity index (χ4n) is 4.40. The molecule has 10 heteroatoms. The number of likely N-dealkylation sites (tertiary alicyclic amines) is 1. The molecule has 1 N–H and O–H groups in total. The number of fused-ring (bicyclic) bond motifs is 1. The molecule has 1 fully saturated rings. The largest absolute Gasteiger partial charge is 0.419 e. The molecule has 0 saturated carbocycles. The van der Waals surface area contributed by atoms with Crippen molar-refractivity contribution in [3.63, 3.8) is 0 Å². The molecule has 2 heterocycles. The highest BCUT2D eigenvalue weighted by Gasteiger charge is 2.23. The van der Waals surface area contributed by atoms with Gasteiger partial charge in [0.25, 0.3) is 5.69 Å². The van der Waals surface area contributed by atoms with Gasteiger partial charge in [-0.15, -0.1) is 0 Å². The first-order chi connectivity index (χ1) is 16.9. The van der Waals surface area contributed by atoms with Crippen molar-refractivity contribution >= 4 is 28.6 Å². The van der Waals surface area contributed by atoms with Gasteiger partial charge in [0.1, 0.15) is 0 Å². The number of nitrogens with zero attached hydrogens (tertiary/aromatic N) is 3. The summed E-state index contributed by atoms with van der Waals surface area (Å²) in [5.41, 5.74) is 1.61. The van der Waals surface area contributed by atoms with E-state index in [1.165, 1.54) is 22.8 Å². The van der Waals surface area contributed by atoms with Gasteiger partial charge < -0.3 is 14.6 Å². The SMILES string of the molecule is O=C(CCc1ccccc1)NC1CCN(C(=O)CCCn2c(=O)oc3cc([N+](=O)[O-])ccc32)CC1. The maximum atomic E-state index is 12.6. The minimum atomic E-state index is -0.600. The lowest BCUT2D eigenvalue weighted by Gasteiger charge is -2.32. The summed E-state index contributed by atoms with van der Waals surface area (Å²) >= 11 is 0. The van der Waals surface area contributed by atoms with Crippen molar-refractivity contribution in [2.45, 2.75) is 51.1 Å². The van der Waals surface area contributed by atoms with Crippen LogP contribution in [0.15, 0.2) is 57.7 Å². The van der Waals surface area contributed by atoms with E-state index in [0.29, 0.717) is 50.7 Å². The highest BCUT2D eigenvalue weighted by atomic mass is 16.6. The molecule has 0 bridgehead atoms. The average Bonchev–Trinajstić information content (AvgIpc) is 3.18. The molecule has 0 spiro atoms. The van der Waals surface area contributed by atoms with Gasteiger partial charge >= 0.3 is 5.76 Å². The number of benzene rings is 2. The quantitative estimate of drug-likeness (QED) is 0.370. The van der Waals surface area contributed by atoms with Crippen LogP contribution in [0, 0.1) is 10.1 Å². The number of carbonyl (C=O) groups excluding carboxylic acids is 2. The molecule has 2 amide bonds. The zero-order chi connectivity index (χ0) is 24.8. The number of aromatic nitrogens is 1. The van der Waals surface area contributed by atoms with Crippen LogP contribution in [0.5, 0.6) is 0 Å². The second-order valence-electron chi connectivity index (χ2n) is 8.74. The van der Waals surface area contributed by atoms with Crippen molar-refractivity contribution in [2.75, 3.05) is 13.1 Å². The molecule has 0 unspecified atom stereocenters. The van der Waals surface area contributed by atoms with E-state index in [9.17, 15) is 24.5 Å². The van der Waals surface area contributed by atoms with Gasteiger partial charge in [-0.05, 0) is 37.3 Å². The molecule has 2 aromatic carbocycles. The monoisotopic (exact) mass is 480 g/mol. The van der Waals surface area contributed by atoms with E-state index < -0.39 is 10.7 Å². The van der Waals surface area contributed by atoms with Crippen LogP contribution in [0.3, 0.4) is 0 Å². The molecule has 3 aromatic rings. The van der Waals surface area contributed by atoms with Crippen molar-refractivity contribution in [1.29, 1.82) is 0 Å². The molecule has 35 heavy (non-hydrogen) atoms. The first kappa shape index (κ1) is 24.2. The number of nitro groups is 1. The smallest absolute Gasteiger partial charge is 0.407 e. The van der Waals surface area contributed by atoms with Crippen LogP contribution in [-0.4, -0.2) is 45.3 Å². The number of amides is 2. The Hall–Kier alpha value is -3.95. The topological polar surface area (TPSA) is 128 Å². The fourth-order valence-corrected chi connectivity index (χ4v) is 4.40. The van der Waals surface area contributed by atoms with Gasteiger partial charge in [0, 0.05) is 44.6 Å². The Bertz CT molecular complexity index is 1260. The molecule has 0 radical (unpaired) electrons. The summed E-state index contributed by atoms with van der Waals surface area (Å²) in [6, 6.07) is 14.0. The van der Waals surface area contributed by atoms with Crippen LogP contribution in [0.4, 0.5) is 5.69 Å². The van der Waals surface area contributed by atoms with E-state index in [1.54, 1.807) is 4.90 Å². The lowest BCUT2D eigenvalue weighted by molar-refractivity contribution is -0.384. The number of nitro benzene ring substituents is 1. The van der Waals surface area contributed by atoms with Crippen molar-refractivity contribution in [1.82, 2.24) is 14.8 Å². The van der Waals surface area contributed by atoms with Crippen LogP contribution in [0.1, 0.15) is 37.7 Å². The summed E-state index contributed by atoms with van der Waals surface area (Å²) in [6.07, 6.45) is 3.30. The van der Waals surface area contributed by atoms with Gasteiger partial charge in [-0.25, -0.2) is 4.79 Å². The molecule has 4 rings (SSSR count). The van der Waals surface area contributed by atoms with Crippen LogP contribution in [0.25, 0.3) is 11.1 Å². The lowest BCUT2D eigenvalue weighted by Crippen LogP contribution is -2.46. The fraction of sp³-hybridized carbons (Fsp3) is 0.400. The average molecular weight is 481 g/mol. The summed E-state index contributed by atoms with van der Waals surface area (Å²) in [5.74, 6) is -0.561. The Morgan fingerprint density at radius 1 is 1.09 bits per heavy atom. The van der Waals surface area contributed by atoms with E-state index in [2.05, 4.69) is 5.32 Å². The second kappa shape index (κ2) is 11.0. The molecule has 1 aliphatic rings. The van der Waals surface area contributed by atoms with E-state index >= 15 is 0 Å². The minimum absolute atomic E-state index is 0.00958. The predicted molar refractivity (Wildman–Crippen MR) is 129 cm³/mol. The van der Waals surface area contributed by atoms with Crippen molar-refractivity contribution < 1.29 is 18.9 Å². The minimum Gasteiger partial charge on any atom is -0.407 e. The lowest BCUT2D eigenvalue weighted by atomic mass is 10.0. The highest BCUT2D eigenvalue weighted by Crippen LogP contribution is 2.20.